The van der Waals surface area contributed by atoms with E-state index in [2.05, 4.69) is 43.5 Å². The molecule has 1 aliphatic heterocycles. The van der Waals surface area contributed by atoms with Crippen molar-refractivity contribution in [1.29, 1.82) is 0 Å². The second kappa shape index (κ2) is 12.2. The first-order valence-corrected chi connectivity index (χ1v) is 9.73. The van der Waals surface area contributed by atoms with Crippen LogP contribution in [0.25, 0.3) is 0 Å². The Morgan fingerprint density at radius 2 is 1.85 bits per heavy atom. The lowest BCUT2D eigenvalue weighted by Gasteiger charge is -2.27. The topological polar surface area (TPSA) is 50.4 Å². The van der Waals surface area contributed by atoms with Crippen molar-refractivity contribution in [2.75, 3.05) is 26.2 Å². The van der Waals surface area contributed by atoms with Crippen molar-refractivity contribution in [2.45, 2.75) is 46.5 Å². The minimum Gasteiger partial charge on any atom is -0.493 e. The van der Waals surface area contributed by atoms with Crippen LogP contribution in [0.15, 0.2) is 24.3 Å². The molecule has 0 saturated carbocycles. The Balaban J connectivity index is 0.00000338. The van der Waals surface area contributed by atoms with Crippen LogP contribution in [0.5, 0.6) is 5.75 Å². The largest absolute Gasteiger partial charge is 0.493 e. The molecule has 1 amide bonds. The molecule has 0 bridgehead atoms. The molecule has 1 heterocycles. The first-order valence-electron chi connectivity index (χ1n) is 9.73. The van der Waals surface area contributed by atoms with Crippen molar-refractivity contribution in [1.82, 2.24) is 10.6 Å². The first-order chi connectivity index (χ1) is 12.0. The average Bonchev–Trinajstić information content (AvgIpc) is 2.61. The molecule has 0 spiro atoms. The number of hydrogen-bond donors (Lipinski definition) is 2. The van der Waals surface area contributed by atoms with Gasteiger partial charge in [0.25, 0.3) is 0 Å². The standard InChI is InChI=1S/C21H34N2O2.ClH/c1-16(2)15-25-20-6-4-18(5-7-20)8-13-23-21(24)14-17(3)19-9-11-22-12-10-19;/h4-7,16-17,19,22H,8-15H2,1-3H3,(H,23,24);1H. The predicted molar refractivity (Wildman–Crippen MR) is 110 cm³/mol. The number of piperidine rings is 1. The number of carbonyl (C=O) groups excluding carboxylic acids is 1. The summed E-state index contributed by atoms with van der Waals surface area (Å²) in [4.78, 5) is 12.1. The van der Waals surface area contributed by atoms with Gasteiger partial charge in [-0.25, -0.2) is 0 Å². The fraction of sp³-hybridized carbons (Fsp3) is 0.667. The highest BCUT2D eigenvalue weighted by Gasteiger charge is 2.21. The third-order valence-corrected chi connectivity index (χ3v) is 4.94. The molecule has 1 saturated heterocycles. The summed E-state index contributed by atoms with van der Waals surface area (Å²) >= 11 is 0. The Kier molecular flexibility index (Phi) is 10.7. The quantitative estimate of drug-likeness (QED) is 0.682. The molecule has 2 N–H and O–H groups in total. The summed E-state index contributed by atoms with van der Waals surface area (Å²) < 4.78 is 5.69. The predicted octanol–water partition coefficient (Wildman–Crippen LogP) is 3.83. The molecule has 0 aliphatic carbocycles. The van der Waals surface area contributed by atoms with Gasteiger partial charge in [-0.15, -0.1) is 12.4 Å². The van der Waals surface area contributed by atoms with Gasteiger partial charge >= 0.3 is 0 Å². The molecule has 1 aromatic carbocycles. The number of hydrogen-bond acceptors (Lipinski definition) is 3. The van der Waals surface area contributed by atoms with Gasteiger partial charge in [0, 0.05) is 13.0 Å². The Morgan fingerprint density at radius 1 is 1.19 bits per heavy atom. The van der Waals surface area contributed by atoms with Crippen LogP contribution in [0.2, 0.25) is 0 Å². The zero-order chi connectivity index (χ0) is 18.1. The number of nitrogens with one attached hydrogen (secondary N) is 2. The molecule has 1 atom stereocenters. The van der Waals surface area contributed by atoms with Crippen molar-refractivity contribution in [3.8, 4) is 5.75 Å². The highest BCUT2D eigenvalue weighted by atomic mass is 35.5. The molecule has 148 valence electrons. The van der Waals surface area contributed by atoms with Crippen molar-refractivity contribution in [2.24, 2.45) is 17.8 Å². The van der Waals surface area contributed by atoms with E-state index in [1.807, 2.05) is 12.1 Å². The summed E-state index contributed by atoms with van der Waals surface area (Å²) in [5.41, 5.74) is 1.23. The molecular weight excluding hydrogens is 348 g/mol. The molecule has 26 heavy (non-hydrogen) atoms. The lowest BCUT2D eigenvalue weighted by molar-refractivity contribution is -0.122. The second-order valence-electron chi connectivity index (χ2n) is 7.72. The molecule has 1 unspecified atom stereocenters. The van der Waals surface area contributed by atoms with E-state index in [1.54, 1.807) is 0 Å². The third kappa shape index (κ3) is 8.41. The average molecular weight is 383 g/mol. The van der Waals surface area contributed by atoms with Gasteiger partial charge in [0.05, 0.1) is 6.61 Å². The summed E-state index contributed by atoms with van der Waals surface area (Å²) in [6.45, 7) is 10.1. The second-order valence-corrected chi connectivity index (χ2v) is 7.72. The highest BCUT2D eigenvalue weighted by molar-refractivity contribution is 5.85. The Hall–Kier alpha value is -1.26. The fourth-order valence-electron chi connectivity index (χ4n) is 3.31. The van der Waals surface area contributed by atoms with Crippen molar-refractivity contribution >= 4 is 18.3 Å². The number of ether oxygens (including phenoxy) is 1. The maximum Gasteiger partial charge on any atom is 0.220 e. The van der Waals surface area contributed by atoms with E-state index in [0.29, 0.717) is 30.7 Å². The molecule has 4 nitrogen and oxygen atoms in total. The van der Waals surface area contributed by atoms with Crippen LogP contribution < -0.4 is 15.4 Å². The van der Waals surface area contributed by atoms with Crippen molar-refractivity contribution in [3.05, 3.63) is 29.8 Å². The van der Waals surface area contributed by atoms with Gasteiger partial charge in [-0.2, -0.15) is 0 Å². The summed E-state index contributed by atoms with van der Waals surface area (Å²) in [6, 6.07) is 8.19. The van der Waals surface area contributed by atoms with E-state index in [-0.39, 0.29) is 18.3 Å². The van der Waals surface area contributed by atoms with Crippen LogP contribution in [0.1, 0.15) is 45.6 Å². The number of carbonyl (C=O) groups is 1. The van der Waals surface area contributed by atoms with E-state index >= 15 is 0 Å². The zero-order valence-electron chi connectivity index (χ0n) is 16.4. The van der Waals surface area contributed by atoms with Crippen LogP contribution in [0, 0.1) is 17.8 Å². The maximum absolute atomic E-state index is 12.1. The fourth-order valence-corrected chi connectivity index (χ4v) is 3.31. The number of benzene rings is 1. The molecular formula is C21H35ClN2O2. The molecule has 0 radical (unpaired) electrons. The molecule has 1 aliphatic rings. The Labute approximate surface area is 164 Å². The van der Waals surface area contributed by atoms with Gasteiger partial charge < -0.3 is 15.4 Å². The maximum atomic E-state index is 12.1. The van der Waals surface area contributed by atoms with Crippen molar-refractivity contribution in [3.63, 3.8) is 0 Å². The van der Waals surface area contributed by atoms with Gasteiger partial charge in [-0.1, -0.05) is 32.9 Å². The summed E-state index contributed by atoms with van der Waals surface area (Å²) in [6.07, 6.45) is 3.89. The zero-order valence-corrected chi connectivity index (χ0v) is 17.2. The lowest BCUT2D eigenvalue weighted by Crippen LogP contribution is -2.34. The number of rotatable bonds is 9. The first kappa shape index (κ1) is 22.8. The summed E-state index contributed by atoms with van der Waals surface area (Å²) in [5.74, 6) is 2.78. The van der Waals surface area contributed by atoms with Gasteiger partial charge in [0.15, 0.2) is 0 Å². The van der Waals surface area contributed by atoms with Gasteiger partial charge in [-0.3, -0.25) is 4.79 Å². The minimum atomic E-state index is 0. The smallest absolute Gasteiger partial charge is 0.220 e. The van der Waals surface area contributed by atoms with Gasteiger partial charge in [0.1, 0.15) is 5.75 Å². The molecule has 1 fully saturated rings. The highest BCUT2D eigenvalue weighted by Crippen LogP contribution is 2.24. The monoisotopic (exact) mass is 382 g/mol. The Bertz CT molecular complexity index is 513. The minimum absolute atomic E-state index is 0. The van der Waals surface area contributed by atoms with Crippen LogP contribution >= 0.6 is 12.4 Å². The SMILES string of the molecule is CC(C)COc1ccc(CCNC(=O)CC(C)C2CCNCC2)cc1.Cl. The third-order valence-electron chi connectivity index (χ3n) is 4.94. The molecule has 0 aromatic heterocycles. The van der Waals surface area contributed by atoms with Gasteiger partial charge in [0.2, 0.25) is 5.91 Å². The van der Waals surface area contributed by atoms with E-state index in [1.165, 1.54) is 18.4 Å². The summed E-state index contributed by atoms with van der Waals surface area (Å²) in [7, 11) is 0. The van der Waals surface area contributed by atoms with E-state index in [9.17, 15) is 4.79 Å². The van der Waals surface area contributed by atoms with Crippen LogP contribution in [0.3, 0.4) is 0 Å². The molecule has 2 rings (SSSR count). The van der Waals surface area contributed by atoms with E-state index in [4.69, 9.17) is 4.74 Å². The normalized spacial score (nSPS) is 16.0. The van der Waals surface area contributed by atoms with E-state index < -0.39 is 0 Å². The van der Waals surface area contributed by atoms with Crippen LogP contribution in [-0.2, 0) is 11.2 Å². The lowest BCUT2D eigenvalue weighted by atomic mass is 9.84. The Morgan fingerprint density at radius 3 is 2.46 bits per heavy atom. The van der Waals surface area contributed by atoms with Gasteiger partial charge in [-0.05, 0) is 67.8 Å². The summed E-state index contributed by atoms with van der Waals surface area (Å²) in [5, 5.41) is 6.45. The number of amides is 1. The van der Waals surface area contributed by atoms with Crippen molar-refractivity contribution < 1.29 is 9.53 Å². The molecule has 1 aromatic rings. The van der Waals surface area contributed by atoms with E-state index in [0.717, 1.165) is 31.9 Å². The number of halogens is 1. The molecule has 5 heteroatoms. The van der Waals surface area contributed by atoms with Crippen LogP contribution in [-0.4, -0.2) is 32.1 Å². The van der Waals surface area contributed by atoms with Crippen LogP contribution in [0.4, 0.5) is 0 Å².